The highest BCUT2D eigenvalue weighted by Gasteiger charge is 2.21. The Morgan fingerprint density at radius 2 is 1.07 bits per heavy atom. The molecule has 0 unspecified atom stereocenters. The first-order valence-electron chi connectivity index (χ1n) is 22.5. The van der Waals surface area contributed by atoms with Crippen molar-refractivity contribution in [1.29, 1.82) is 0 Å². The predicted octanol–water partition coefficient (Wildman–Crippen LogP) is 9.95. The number of hydrogen-bond donors (Lipinski definition) is 3. The number of nitrogens with two attached hydrogens (primary N) is 1. The number of hydrogen-bond acceptors (Lipinski definition) is 11. The second-order valence-electron chi connectivity index (χ2n) is 18.3. The second kappa shape index (κ2) is 23.9. The van der Waals surface area contributed by atoms with E-state index < -0.39 is 5.97 Å². The zero-order chi connectivity index (χ0) is 49.9. The lowest BCUT2D eigenvalue weighted by Crippen LogP contribution is -2.45. The fraction of sp³-hybridized carbons (Fsp3) is 0.346. The Labute approximate surface area is 421 Å². The molecule has 0 aliphatic carbocycles. The van der Waals surface area contributed by atoms with Crippen molar-refractivity contribution >= 4 is 69.6 Å². The number of carbonyl (C=O) groups is 4. The van der Waals surface area contributed by atoms with Gasteiger partial charge in [0.15, 0.2) is 0 Å². The number of carboxylic acids is 1. The van der Waals surface area contributed by atoms with E-state index in [-0.39, 0.29) is 47.2 Å². The molecule has 0 saturated carbocycles. The number of pyridine rings is 2. The van der Waals surface area contributed by atoms with E-state index in [1.54, 1.807) is 56.7 Å². The highest BCUT2D eigenvalue weighted by molar-refractivity contribution is 7.14. The minimum atomic E-state index is -0.981. The summed E-state index contributed by atoms with van der Waals surface area (Å²) in [4.78, 5) is 61.4. The van der Waals surface area contributed by atoms with Gasteiger partial charge in [-0.2, -0.15) is 0 Å². The van der Waals surface area contributed by atoms with Gasteiger partial charge in [-0.25, -0.2) is 4.79 Å². The Hall–Kier alpha value is -5.52. The number of halogens is 2. The summed E-state index contributed by atoms with van der Waals surface area (Å²) < 4.78 is 10.3. The summed E-state index contributed by atoms with van der Waals surface area (Å²) in [6, 6.07) is 22.5. The molecule has 8 rings (SSSR count). The minimum Gasteiger partial charge on any atom is -0.478 e. The average molecular weight is 1010 g/mol. The highest BCUT2D eigenvalue weighted by atomic mass is 35.5. The normalized spacial score (nSPS) is 13.9. The van der Waals surface area contributed by atoms with Crippen molar-refractivity contribution in [3.8, 4) is 43.1 Å². The third-order valence-electron chi connectivity index (χ3n) is 11.2. The first kappa shape index (κ1) is 52.8. The quantitative estimate of drug-likeness (QED) is 0.126. The van der Waals surface area contributed by atoms with E-state index >= 15 is 0 Å². The zero-order valence-electron chi connectivity index (χ0n) is 39.6. The van der Waals surface area contributed by atoms with Gasteiger partial charge in [-0.3, -0.25) is 24.4 Å². The van der Waals surface area contributed by atoms with Gasteiger partial charge in [0.25, 0.3) is 5.91 Å². The third kappa shape index (κ3) is 14.5. The van der Waals surface area contributed by atoms with Crippen LogP contribution in [-0.4, -0.2) is 114 Å². The molecular formula is C52H58Cl2N6O7S2. The van der Waals surface area contributed by atoms with Gasteiger partial charge in [-0.05, 0) is 93.7 Å². The molecule has 3 amide bonds. The summed E-state index contributed by atoms with van der Waals surface area (Å²) in [5, 5.41) is 16.8. The van der Waals surface area contributed by atoms with Gasteiger partial charge in [-0.1, -0.05) is 76.9 Å². The number of morpholine rings is 2. The summed E-state index contributed by atoms with van der Waals surface area (Å²) >= 11 is 16.1. The highest BCUT2D eigenvalue weighted by Crippen LogP contribution is 2.39. The molecule has 0 bridgehead atoms. The first-order chi connectivity index (χ1) is 32.8. The van der Waals surface area contributed by atoms with Gasteiger partial charge >= 0.3 is 5.97 Å². The van der Waals surface area contributed by atoms with Gasteiger partial charge in [0.2, 0.25) is 11.8 Å². The number of carboxylic acid groups (broad SMARTS) is 1. The van der Waals surface area contributed by atoms with Gasteiger partial charge < -0.3 is 35.4 Å². The van der Waals surface area contributed by atoms with Crippen LogP contribution in [0, 0.1) is 0 Å². The van der Waals surface area contributed by atoms with E-state index in [9.17, 15) is 19.2 Å². The smallest absolute Gasteiger partial charge is 0.335 e. The monoisotopic (exact) mass is 1010 g/mol. The molecule has 2 aromatic carbocycles. The van der Waals surface area contributed by atoms with Crippen molar-refractivity contribution in [1.82, 2.24) is 25.1 Å². The summed E-state index contributed by atoms with van der Waals surface area (Å²) in [6.07, 6.45) is 3.68. The third-order valence-corrected chi connectivity index (χ3v) is 13.8. The van der Waals surface area contributed by atoms with Crippen molar-refractivity contribution in [3.63, 3.8) is 0 Å². The molecule has 17 heteroatoms. The van der Waals surface area contributed by atoms with Crippen LogP contribution < -0.4 is 11.1 Å². The number of nitrogens with zero attached hydrogens (tertiary/aromatic N) is 4. The molecule has 364 valence electrons. The van der Waals surface area contributed by atoms with Crippen LogP contribution >= 0.6 is 45.9 Å². The summed E-state index contributed by atoms with van der Waals surface area (Å²) in [5.74, 6) is -1.40. The maximum absolute atomic E-state index is 12.6. The Morgan fingerprint density at radius 3 is 1.49 bits per heavy atom. The fourth-order valence-electron chi connectivity index (χ4n) is 7.14. The molecule has 13 nitrogen and oxygen atoms in total. The fourth-order valence-corrected chi connectivity index (χ4v) is 9.54. The number of benzene rings is 2. The lowest BCUT2D eigenvalue weighted by Gasteiger charge is -2.26. The average Bonchev–Trinajstić information content (AvgIpc) is 4.05. The van der Waals surface area contributed by atoms with E-state index in [0.717, 1.165) is 54.5 Å². The standard InChI is InChI=1S/C26H28ClN3O3S.C20H18ClNO2S.C6H12N2O2/c1-26(2,3)23-14-17(6-7-28-23)22-13-19(16-34-22)20-5-4-18(12-21(20)27)25(32)29-15-24(31)30-8-10-33-11-9-30;1-20(2,3)18-10-12(6-7-22-18)17-9-14(11-25-17)15-5-4-13(19(23)24)8-16(15)21;7-5-6(9)8-1-3-10-4-2-8/h4-7,12-14,16H,8-11,15H2,1-3H3,(H,29,32);4-11H,1-3H3,(H,23,24);1-5,7H2. The largest absolute Gasteiger partial charge is 0.478 e. The SMILES string of the molecule is CC(C)(C)c1cc(-c2cc(-c3ccc(C(=O)NCC(=O)N4CCOCC4)cc3Cl)cs2)ccn1.CC(C)(C)c1cc(-c2cc(-c3ccc(C(=O)O)cc3Cl)cs2)ccn1.NCC(=O)N1CCOCC1. The predicted molar refractivity (Wildman–Crippen MR) is 277 cm³/mol. The molecular weight excluding hydrogens is 956 g/mol. The van der Waals surface area contributed by atoms with Crippen molar-refractivity contribution in [2.24, 2.45) is 5.73 Å². The Bertz CT molecular complexity index is 2750. The number of rotatable bonds is 9. The molecule has 2 aliphatic heterocycles. The lowest BCUT2D eigenvalue weighted by atomic mass is 9.90. The topological polar surface area (TPSA) is 177 Å². The van der Waals surface area contributed by atoms with Gasteiger partial charge in [0.05, 0.1) is 45.1 Å². The molecule has 0 radical (unpaired) electrons. The van der Waals surface area contributed by atoms with Crippen LogP contribution in [0.25, 0.3) is 43.1 Å². The maximum atomic E-state index is 12.6. The second-order valence-corrected chi connectivity index (χ2v) is 21.0. The number of aromatic nitrogens is 2. The number of nitrogens with one attached hydrogen (secondary N) is 1. The first-order valence-corrected chi connectivity index (χ1v) is 25.0. The van der Waals surface area contributed by atoms with Gasteiger partial charge in [0.1, 0.15) is 0 Å². The summed E-state index contributed by atoms with van der Waals surface area (Å²) in [6.45, 7) is 17.8. The molecule has 2 saturated heterocycles. The van der Waals surface area contributed by atoms with Gasteiger partial charge in [0, 0.05) is 97.3 Å². The Balaban J connectivity index is 0.000000195. The Morgan fingerprint density at radius 1 is 0.638 bits per heavy atom. The number of carbonyl (C=O) groups excluding carboxylic acids is 3. The molecule has 69 heavy (non-hydrogen) atoms. The van der Waals surface area contributed by atoms with E-state index in [2.05, 4.69) is 86.5 Å². The lowest BCUT2D eigenvalue weighted by molar-refractivity contribution is -0.134. The Kier molecular flexibility index (Phi) is 18.3. The van der Waals surface area contributed by atoms with E-state index in [1.807, 2.05) is 36.0 Å². The number of amides is 3. The number of ether oxygens (including phenoxy) is 2. The summed E-state index contributed by atoms with van der Waals surface area (Å²) in [7, 11) is 0. The van der Waals surface area contributed by atoms with Crippen LogP contribution in [-0.2, 0) is 29.9 Å². The molecule has 0 atom stereocenters. The van der Waals surface area contributed by atoms with Crippen LogP contribution in [0.2, 0.25) is 10.0 Å². The molecule has 6 heterocycles. The minimum absolute atomic E-state index is 0.00787. The molecule has 6 aromatic rings. The number of thiophene rings is 2. The van der Waals surface area contributed by atoms with Crippen LogP contribution in [0.15, 0.2) is 96.0 Å². The van der Waals surface area contributed by atoms with Crippen molar-refractivity contribution in [2.75, 3.05) is 65.7 Å². The van der Waals surface area contributed by atoms with Crippen LogP contribution in [0.4, 0.5) is 0 Å². The maximum Gasteiger partial charge on any atom is 0.335 e. The van der Waals surface area contributed by atoms with E-state index in [0.29, 0.717) is 68.2 Å². The van der Waals surface area contributed by atoms with Gasteiger partial charge in [-0.15, -0.1) is 22.7 Å². The summed E-state index contributed by atoms with van der Waals surface area (Å²) in [5.41, 5.74) is 13.7. The van der Waals surface area contributed by atoms with Crippen LogP contribution in [0.1, 0.15) is 73.6 Å². The molecule has 2 fully saturated rings. The molecule has 2 aliphatic rings. The van der Waals surface area contributed by atoms with Crippen LogP contribution in [0.3, 0.4) is 0 Å². The van der Waals surface area contributed by atoms with Crippen molar-refractivity contribution in [3.05, 3.63) is 129 Å². The van der Waals surface area contributed by atoms with Crippen LogP contribution in [0.5, 0.6) is 0 Å². The van der Waals surface area contributed by atoms with E-state index in [1.165, 1.54) is 6.07 Å². The van der Waals surface area contributed by atoms with Crippen molar-refractivity contribution < 1.29 is 33.8 Å². The number of aromatic carboxylic acids is 1. The zero-order valence-corrected chi connectivity index (χ0v) is 42.8. The molecule has 4 aromatic heterocycles. The van der Waals surface area contributed by atoms with Crippen molar-refractivity contribution in [2.45, 2.75) is 52.4 Å². The molecule has 0 spiro atoms. The van der Waals surface area contributed by atoms with E-state index in [4.69, 9.17) is 43.5 Å². The molecule has 4 N–H and O–H groups in total.